The second-order valence-electron chi connectivity index (χ2n) is 21.9. The summed E-state index contributed by atoms with van der Waals surface area (Å²) in [5.41, 5.74) is 3.68. The first-order valence-corrected chi connectivity index (χ1v) is 26.0. The number of hydrogen-bond donors (Lipinski definition) is 4. The second kappa shape index (κ2) is 18.5. The van der Waals surface area contributed by atoms with E-state index in [0.717, 1.165) is 125 Å². The summed E-state index contributed by atoms with van der Waals surface area (Å²) in [5, 5.41) is 21.7. The van der Waals surface area contributed by atoms with E-state index in [1.54, 1.807) is 30.6 Å². The molecule has 2 aromatic carbocycles. The number of amides is 3. The summed E-state index contributed by atoms with van der Waals surface area (Å²) in [6.45, 7) is 12.2. The number of piperazine rings is 2. The first kappa shape index (κ1) is 46.1. The number of phenols is 1. The molecule has 372 valence electrons. The molecule has 7 fully saturated rings. The van der Waals surface area contributed by atoms with Crippen molar-refractivity contribution in [2.45, 2.75) is 95.7 Å². The quantitative estimate of drug-likeness (QED) is 0.107. The molecule has 2 saturated carbocycles. The summed E-state index contributed by atoms with van der Waals surface area (Å²) in [7, 11) is 0. The standard InChI is InChI=1S/C54H64FN11O5/c1-2-34-4-3-5-35-22-39(67)23-40(45(34)35)47-46(55)48-41(27-57-47)49(66-29-36-6-7-37(30-66)58-36)62-52(61-48)71-32-54(12-13-54)31-64-16-14-53(15-17-64)24-33(25-53)28-63-18-20-65(21-19-63)38-8-9-42(56-26-38)50(69)59-43-10-11-44(68)60-51(43)70/h3-5,8-9,22-23,26-27,33,36-37,43,58,67H,2,6-7,10-21,24-25,28-32H2,1H3,(H,59,69)(H,60,68,70). The van der Waals surface area contributed by atoms with Gasteiger partial charge in [-0.25, -0.2) is 9.37 Å². The number of hydrogen-bond acceptors (Lipinski definition) is 14. The van der Waals surface area contributed by atoms with E-state index in [2.05, 4.69) is 47.5 Å². The molecule has 4 N–H and O–H groups in total. The number of anilines is 2. The highest BCUT2D eigenvalue weighted by atomic mass is 19.1. The van der Waals surface area contributed by atoms with Crippen LogP contribution in [0.25, 0.3) is 32.9 Å². The van der Waals surface area contributed by atoms with E-state index in [1.165, 1.54) is 25.7 Å². The van der Waals surface area contributed by atoms with Crippen LogP contribution in [0.1, 0.15) is 87.2 Å². The number of phenolic OH excluding ortho intramolecular Hbond substituents is 1. The number of imide groups is 1. The maximum absolute atomic E-state index is 17.2. The van der Waals surface area contributed by atoms with Crippen molar-refractivity contribution in [1.29, 1.82) is 0 Å². The molecule has 3 atom stereocenters. The average molecular weight is 966 g/mol. The third-order valence-corrected chi connectivity index (χ3v) is 17.0. The van der Waals surface area contributed by atoms with Crippen LogP contribution >= 0.6 is 0 Å². The molecule has 1 spiro atoms. The molecule has 71 heavy (non-hydrogen) atoms. The fourth-order valence-corrected chi connectivity index (χ4v) is 12.9. The van der Waals surface area contributed by atoms with Crippen molar-refractivity contribution in [3.05, 3.63) is 71.9 Å². The number of piperidine rings is 2. The lowest BCUT2D eigenvalue weighted by atomic mass is 9.57. The highest BCUT2D eigenvalue weighted by Gasteiger charge is 2.49. The molecule has 8 heterocycles. The van der Waals surface area contributed by atoms with E-state index in [4.69, 9.17) is 19.7 Å². The van der Waals surface area contributed by atoms with E-state index in [0.29, 0.717) is 40.9 Å². The van der Waals surface area contributed by atoms with E-state index in [-0.39, 0.29) is 52.8 Å². The summed E-state index contributed by atoms with van der Waals surface area (Å²) in [5.74, 6) is -0.288. The molecule has 5 aliphatic heterocycles. The average Bonchev–Trinajstić information content (AvgIpc) is 4.06. The minimum atomic E-state index is -0.730. The van der Waals surface area contributed by atoms with Gasteiger partial charge in [-0.15, -0.1) is 0 Å². The SMILES string of the molecule is CCc1cccc2cc(O)cc(-c3ncc4c(N5CC6CCC(C5)N6)nc(OCC5(CN6CCC7(CC6)CC(CN6CCN(c8ccc(C(=O)NC9CCC(=O)NC9=O)nc8)CC6)C7)CC5)nc4c3F)c12. The van der Waals surface area contributed by atoms with Crippen LogP contribution in [-0.4, -0.2) is 143 Å². The molecule has 2 aliphatic carbocycles. The van der Waals surface area contributed by atoms with Crippen LogP contribution in [0.5, 0.6) is 11.8 Å². The zero-order valence-corrected chi connectivity index (χ0v) is 40.6. The van der Waals surface area contributed by atoms with Crippen LogP contribution in [0.3, 0.4) is 0 Å². The van der Waals surface area contributed by atoms with Crippen molar-refractivity contribution in [2.24, 2.45) is 16.7 Å². The molecular weight excluding hydrogens is 902 g/mol. The number of rotatable bonds is 13. The number of carbonyl (C=O) groups excluding carboxylic acids is 3. The summed E-state index contributed by atoms with van der Waals surface area (Å²) < 4.78 is 23.8. The summed E-state index contributed by atoms with van der Waals surface area (Å²) in [6, 6.07) is 13.1. The molecule has 2 bridgehead atoms. The number of carbonyl (C=O) groups is 3. The summed E-state index contributed by atoms with van der Waals surface area (Å²) in [6.07, 6.45) is 14.1. The van der Waals surface area contributed by atoms with Crippen molar-refractivity contribution in [3.63, 3.8) is 0 Å². The molecular formula is C54H64FN11O5. The Balaban J connectivity index is 0.647. The number of aromatic nitrogens is 4. The number of nitrogens with one attached hydrogen (secondary N) is 3. The largest absolute Gasteiger partial charge is 0.508 e. The van der Waals surface area contributed by atoms with Crippen LogP contribution in [0, 0.1) is 22.6 Å². The lowest BCUT2D eigenvalue weighted by Crippen LogP contribution is -2.53. The van der Waals surface area contributed by atoms with E-state index in [9.17, 15) is 19.5 Å². The maximum atomic E-state index is 17.2. The van der Waals surface area contributed by atoms with Crippen molar-refractivity contribution in [1.82, 2.24) is 45.7 Å². The lowest BCUT2D eigenvalue weighted by molar-refractivity contribution is -0.134. The molecule has 3 amide bonds. The number of aromatic hydroxyl groups is 1. The van der Waals surface area contributed by atoms with Crippen LogP contribution in [0.2, 0.25) is 0 Å². The van der Waals surface area contributed by atoms with E-state index in [1.807, 2.05) is 24.3 Å². The van der Waals surface area contributed by atoms with Crippen molar-refractivity contribution in [2.75, 3.05) is 81.9 Å². The van der Waals surface area contributed by atoms with Gasteiger partial charge in [0.1, 0.15) is 34.5 Å². The van der Waals surface area contributed by atoms with E-state index < -0.39 is 23.7 Å². The number of likely N-dealkylation sites (tertiary alicyclic amines) is 1. The molecule has 5 aromatic rings. The Morgan fingerprint density at radius 3 is 2.41 bits per heavy atom. The minimum absolute atomic E-state index is 0.0326. The van der Waals surface area contributed by atoms with Gasteiger partial charge in [-0.2, -0.15) is 9.97 Å². The molecule has 17 heteroatoms. The van der Waals surface area contributed by atoms with Gasteiger partial charge in [0.25, 0.3) is 5.91 Å². The van der Waals surface area contributed by atoms with Crippen LogP contribution in [0.15, 0.2) is 54.9 Å². The topological polar surface area (TPSA) is 181 Å². The number of ether oxygens (including phenoxy) is 1. The third-order valence-electron chi connectivity index (χ3n) is 17.0. The fraction of sp³-hybridized carbons (Fsp3) is 0.537. The summed E-state index contributed by atoms with van der Waals surface area (Å²) in [4.78, 5) is 65.1. The number of halogens is 1. The Morgan fingerprint density at radius 2 is 1.69 bits per heavy atom. The van der Waals surface area contributed by atoms with Crippen molar-refractivity contribution < 1.29 is 28.6 Å². The first-order valence-electron chi connectivity index (χ1n) is 26.0. The molecule has 3 aromatic heterocycles. The minimum Gasteiger partial charge on any atom is -0.508 e. The van der Waals surface area contributed by atoms with Gasteiger partial charge in [0.15, 0.2) is 5.82 Å². The number of pyridine rings is 2. The zero-order chi connectivity index (χ0) is 48.4. The van der Waals surface area contributed by atoms with Gasteiger partial charge in [0, 0.05) is 88.0 Å². The number of nitrogens with zero attached hydrogens (tertiary/aromatic N) is 8. The Labute approximate surface area is 413 Å². The molecule has 7 aliphatic rings. The molecule has 12 rings (SSSR count). The van der Waals surface area contributed by atoms with Crippen molar-refractivity contribution in [3.8, 4) is 23.0 Å². The monoisotopic (exact) mass is 966 g/mol. The summed E-state index contributed by atoms with van der Waals surface area (Å²) >= 11 is 0. The van der Waals surface area contributed by atoms with Gasteiger partial charge >= 0.3 is 6.01 Å². The molecule has 16 nitrogen and oxygen atoms in total. The lowest BCUT2D eigenvalue weighted by Gasteiger charge is -2.54. The Kier molecular flexibility index (Phi) is 12.0. The second-order valence-corrected chi connectivity index (χ2v) is 21.9. The highest BCUT2D eigenvalue weighted by molar-refractivity contribution is 6.04. The van der Waals surface area contributed by atoms with Gasteiger partial charge in [-0.05, 0) is 129 Å². The molecule has 3 unspecified atom stereocenters. The normalized spacial score (nSPS) is 24.3. The van der Waals surface area contributed by atoms with E-state index >= 15 is 4.39 Å². The highest BCUT2D eigenvalue weighted by Crippen LogP contribution is 2.54. The Bertz CT molecular complexity index is 2860. The van der Waals surface area contributed by atoms with Gasteiger partial charge in [0.2, 0.25) is 11.8 Å². The molecule has 0 radical (unpaired) electrons. The van der Waals surface area contributed by atoms with Gasteiger partial charge in [-0.3, -0.25) is 29.6 Å². The number of aryl methyl sites for hydroxylation is 1. The fourth-order valence-electron chi connectivity index (χ4n) is 12.9. The number of fused-ring (bicyclic) bond motifs is 4. The first-order chi connectivity index (χ1) is 34.5. The Hall–Kier alpha value is -6.04. The predicted molar refractivity (Wildman–Crippen MR) is 268 cm³/mol. The van der Waals surface area contributed by atoms with Gasteiger partial charge < -0.3 is 35.2 Å². The number of benzene rings is 2. The maximum Gasteiger partial charge on any atom is 0.319 e. The third kappa shape index (κ3) is 9.25. The van der Waals surface area contributed by atoms with Crippen LogP contribution < -0.4 is 30.5 Å². The van der Waals surface area contributed by atoms with Gasteiger partial charge in [0.05, 0.1) is 23.9 Å². The van der Waals surface area contributed by atoms with Gasteiger partial charge in [-0.1, -0.05) is 25.1 Å². The van der Waals surface area contributed by atoms with Crippen LogP contribution in [0.4, 0.5) is 15.9 Å². The predicted octanol–water partition coefficient (Wildman–Crippen LogP) is 5.60. The smallest absolute Gasteiger partial charge is 0.319 e. The van der Waals surface area contributed by atoms with Crippen LogP contribution in [-0.2, 0) is 16.0 Å². The Morgan fingerprint density at radius 1 is 0.901 bits per heavy atom. The molecule has 5 saturated heterocycles. The van der Waals surface area contributed by atoms with Crippen molar-refractivity contribution >= 4 is 50.9 Å². The zero-order valence-electron chi connectivity index (χ0n) is 40.6.